The largest absolute Gasteiger partial charge is 0.350 e. The maximum absolute atomic E-state index is 4.61. The SMILES string of the molecule is CCn1cnc2c(N3CCc4c(cnn4-c4ccccc4)C3)ncnc21. The summed E-state index contributed by atoms with van der Waals surface area (Å²) in [5.74, 6) is 0.903. The summed E-state index contributed by atoms with van der Waals surface area (Å²) in [5, 5.41) is 4.61. The maximum Gasteiger partial charge on any atom is 0.165 e. The molecule has 1 aliphatic heterocycles. The van der Waals surface area contributed by atoms with Gasteiger partial charge in [-0.3, -0.25) is 0 Å². The third-order valence-corrected chi connectivity index (χ3v) is 4.96. The van der Waals surface area contributed by atoms with Crippen LogP contribution in [0.3, 0.4) is 0 Å². The van der Waals surface area contributed by atoms with Gasteiger partial charge in [-0.1, -0.05) is 18.2 Å². The average Bonchev–Trinajstić information content (AvgIpc) is 3.32. The fourth-order valence-electron chi connectivity index (χ4n) is 3.64. The summed E-state index contributed by atoms with van der Waals surface area (Å²) < 4.78 is 4.09. The van der Waals surface area contributed by atoms with Crippen LogP contribution in [-0.4, -0.2) is 35.8 Å². The molecule has 0 radical (unpaired) electrons. The molecule has 4 aromatic rings. The van der Waals surface area contributed by atoms with E-state index >= 15 is 0 Å². The minimum absolute atomic E-state index is 0.785. The van der Waals surface area contributed by atoms with E-state index in [2.05, 4.69) is 44.0 Å². The standard InChI is InChI=1S/C19H19N7/c1-2-24-13-22-17-18(24)20-12-21-19(17)25-9-8-16-14(11-25)10-23-26(16)15-6-4-3-5-7-15/h3-7,10,12-13H,2,8-9,11H2,1H3. The number of benzene rings is 1. The summed E-state index contributed by atoms with van der Waals surface area (Å²) in [5.41, 5.74) is 5.38. The monoisotopic (exact) mass is 345 g/mol. The third kappa shape index (κ3) is 2.28. The van der Waals surface area contributed by atoms with Gasteiger partial charge in [0.15, 0.2) is 17.0 Å². The normalized spacial score (nSPS) is 14.0. The summed E-state index contributed by atoms with van der Waals surface area (Å²) in [6.07, 6.45) is 6.36. The number of aromatic nitrogens is 6. The number of anilines is 1. The Morgan fingerprint density at radius 2 is 1.96 bits per heavy atom. The highest BCUT2D eigenvalue weighted by Gasteiger charge is 2.24. The highest BCUT2D eigenvalue weighted by Crippen LogP contribution is 2.28. The fraction of sp³-hybridized carbons (Fsp3) is 0.263. The van der Waals surface area contributed by atoms with Gasteiger partial charge in [-0.25, -0.2) is 19.6 Å². The van der Waals surface area contributed by atoms with E-state index in [0.717, 1.165) is 48.7 Å². The van der Waals surface area contributed by atoms with E-state index in [1.807, 2.05) is 40.0 Å². The van der Waals surface area contributed by atoms with Gasteiger partial charge in [0.05, 0.1) is 23.9 Å². The topological polar surface area (TPSA) is 64.7 Å². The Morgan fingerprint density at radius 1 is 1.08 bits per heavy atom. The molecule has 0 fully saturated rings. The lowest BCUT2D eigenvalue weighted by molar-refractivity contribution is 0.687. The molecule has 3 aromatic heterocycles. The zero-order valence-electron chi connectivity index (χ0n) is 14.6. The molecule has 0 spiro atoms. The van der Waals surface area contributed by atoms with Gasteiger partial charge >= 0.3 is 0 Å². The first kappa shape index (κ1) is 15.1. The smallest absolute Gasteiger partial charge is 0.165 e. The summed E-state index contributed by atoms with van der Waals surface area (Å²) >= 11 is 0. The van der Waals surface area contributed by atoms with Crippen molar-refractivity contribution < 1.29 is 0 Å². The second kappa shape index (κ2) is 5.94. The van der Waals surface area contributed by atoms with Crippen LogP contribution in [0.1, 0.15) is 18.2 Å². The third-order valence-electron chi connectivity index (χ3n) is 4.96. The van der Waals surface area contributed by atoms with Crippen molar-refractivity contribution in [3.8, 4) is 5.69 Å². The number of imidazole rings is 1. The lowest BCUT2D eigenvalue weighted by Gasteiger charge is -2.28. The molecular weight excluding hydrogens is 326 g/mol. The van der Waals surface area contributed by atoms with E-state index in [9.17, 15) is 0 Å². The van der Waals surface area contributed by atoms with E-state index in [1.165, 1.54) is 11.3 Å². The summed E-state index contributed by atoms with van der Waals surface area (Å²) in [6.45, 7) is 4.61. The second-order valence-electron chi connectivity index (χ2n) is 6.44. The predicted molar refractivity (Wildman–Crippen MR) is 99.3 cm³/mol. The Kier molecular flexibility index (Phi) is 3.44. The molecule has 0 bridgehead atoms. The van der Waals surface area contributed by atoms with Crippen molar-refractivity contribution in [2.45, 2.75) is 26.4 Å². The van der Waals surface area contributed by atoms with Gasteiger partial charge in [-0.05, 0) is 19.1 Å². The second-order valence-corrected chi connectivity index (χ2v) is 6.44. The van der Waals surface area contributed by atoms with Crippen LogP contribution in [0.2, 0.25) is 0 Å². The number of hydrogen-bond donors (Lipinski definition) is 0. The predicted octanol–water partition coefficient (Wildman–Crippen LogP) is 2.59. The number of para-hydroxylation sites is 1. The first-order valence-electron chi connectivity index (χ1n) is 8.87. The molecule has 0 aliphatic carbocycles. The van der Waals surface area contributed by atoms with Crippen molar-refractivity contribution in [3.63, 3.8) is 0 Å². The molecule has 1 aromatic carbocycles. The minimum Gasteiger partial charge on any atom is -0.350 e. The number of aryl methyl sites for hydroxylation is 1. The lowest BCUT2D eigenvalue weighted by atomic mass is 10.1. The van der Waals surface area contributed by atoms with Gasteiger partial charge in [-0.15, -0.1) is 0 Å². The van der Waals surface area contributed by atoms with Crippen molar-refractivity contribution >= 4 is 17.0 Å². The van der Waals surface area contributed by atoms with Crippen molar-refractivity contribution in [1.29, 1.82) is 0 Å². The zero-order chi connectivity index (χ0) is 17.5. The van der Waals surface area contributed by atoms with Crippen LogP contribution in [-0.2, 0) is 19.5 Å². The quantitative estimate of drug-likeness (QED) is 0.571. The van der Waals surface area contributed by atoms with Gasteiger partial charge in [0.2, 0.25) is 0 Å². The van der Waals surface area contributed by atoms with Crippen LogP contribution in [0.4, 0.5) is 5.82 Å². The van der Waals surface area contributed by atoms with E-state index in [0.29, 0.717) is 0 Å². The molecule has 0 saturated heterocycles. The Hall–Kier alpha value is -3.22. The van der Waals surface area contributed by atoms with Crippen LogP contribution in [0.15, 0.2) is 49.2 Å². The van der Waals surface area contributed by atoms with E-state index in [4.69, 9.17) is 0 Å². The first-order chi connectivity index (χ1) is 12.8. The van der Waals surface area contributed by atoms with Crippen LogP contribution >= 0.6 is 0 Å². The molecular formula is C19H19N7. The highest BCUT2D eigenvalue weighted by molar-refractivity contribution is 5.83. The highest BCUT2D eigenvalue weighted by atomic mass is 15.3. The molecule has 5 rings (SSSR count). The van der Waals surface area contributed by atoms with Crippen LogP contribution in [0.25, 0.3) is 16.9 Å². The molecule has 4 heterocycles. The van der Waals surface area contributed by atoms with Crippen LogP contribution in [0.5, 0.6) is 0 Å². The van der Waals surface area contributed by atoms with Gasteiger partial charge < -0.3 is 9.47 Å². The first-order valence-corrected chi connectivity index (χ1v) is 8.87. The van der Waals surface area contributed by atoms with Crippen molar-refractivity contribution in [2.75, 3.05) is 11.4 Å². The van der Waals surface area contributed by atoms with Crippen molar-refractivity contribution in [3.05, 3.63) is 60.4 Å². The van der Waals surface area contributed by atoms with E-state index in [1.54, 1.807) is 6.33 Å². The Bertz CT molecular complexity index is 1060. The van der Waals surface area contributed by atoms with Crippen LogP contribution < -0.4 is 4.90 Å². The molecule has 0 amide bonds. The summed E-state index contributed by atoms with van der Waals surface area (Å²) in [7, 11) is 0. The van der Waals surface area contributed by atoms with E-state index in [-0.39, 0.29) is 0 Å². The molecule has 26 heavy (non-hydrogen) atoms. The molecule has 7 nitrogen and oxygen atoms in total. The average molecular weight is 345 g/mol. The fourth-order valence-corrected chi connectivity index (χ4v) is 3.64. The lowest BCUT2D eigenvalue weighted by Crippen LogP contribution is -2.31. The molecule has 0 saturated carbocycles. The molecule has 0 atom stereocenters. The Morgan fingerprint density at radius 3 is 2.81 bits per heavy atom. The number of nitrogens with zero attached hydrogens (tertiary/aromatic N) is 7. The molecule has 7 heteroatoms. The molecule has 1 aliphatic rings. The number of fused-ring (bicyclic) bond motifs is 2. The summed E-state index contributed by atoms with van der Waals surface area (Å²) in [4.78, 5) is 15.8. The van der Waals surface area contributed by atoms with E-state index < -0.39 is 0 Å². The van der Waals surface area contributed by atoms with Crippen molar-refractivity contribution in [2.24, 2.45) is 0 Å². The zero-order valence-corrected chi connectivity index (χ0v) is 14.6. The Balaban J connectivity index is 1.51. The summed E-state index contributed by atoms with van der Waals surface area (Å²) in [6, 6.07) is 10.3. The Labute approximate surface area is 150 Å². The maximum atomic E-state index is 4.61. The van der Waals surface area contributed by atoms with Gasteiger partial charge in [0.25, 0.3) is 0 Å². The number of rotatable bonds is 3. The molecule has 0 unspecified atom stereocenters. The minimum atomic E-state index is 0.785. The van der Waals surface area contributed by atoms with Gasteiger partial charge in [0.1, 0.15) is 6.33 Å². The number of hydrogen-bond acceptors (Lipinski definition) is 5. The molecule has 130 valence electrons. The van der Waals surface area contributed by atoms with Gasteiger partial charge in [-0.2, -0.15) is 5.10 Å². The molecule has 0 N–H and O–H groups in total. The van der Waals surface area contributed by atoms with Crippen LogP contribution in [0, 0.1) is 0 Å². The van der Waals surface area contributed by atoms with Gasteiger partial charge in [0, 0.05) is 31.6 Å². The van der Waals surface area contributed by atoms with Crippen molar-refractivity contribution in [1.82, 2.24) is 29.3 Å².